The van der Waals surface area contributed by atoms with Gasteiger partial charge in [0, 0.05) is 0 Å². The summed E-state index contributed by atoms with van der Waals surface area (Å²) in [6.45, 7) is 7.71. The molecule has 0 saturated carbocycles. The Morgan fingerprint density at radius 2 is 1.11 bits per heavy atom. The Balaban J connectivity index is 5.11. The minimum absolute atomic E-state index is 2.10. The molecule has 0 aliphatic rings. The van der Waals surface area contributed by atoms with E-state index in [0.29, 0.717) is 0 Å². The molecule has 0 rings (SSSR count). The predicted molar refractivity (Wildman–Crippen MR) is 43.9 cm³/mol. The van der Waals surface area contributed by atoms with Gasteiger partial charge in [0.1, 0.15) is 0 Å². The first kappa shape index (κ1) is 9.17. The molecule has 0 unspecified atom stereocenters. The van der Waals surface area contributed by atoms with E-state index < -0.39 is 13.6 Å². The molecule has 1 heteroatoms. The van der Waals surface area contributed by atoms with Crippen LogP contribution in [0.25, 0.3) is 0 Å². The molecular weight excluding hydrogens is 291 g/mol. The zero-order chi connectivity index (χ0) is 7.82. The molecule has 0 N–H and O–H groups in total. The first-order valence-corrected chi connectivity index (χ1v) is 14.2. The van der Waals surface area contributed by atoms with Gasteiger partial charge in [-0.25, -0.2) is 0 Å². The Bertz CT molecular complexity index is 139. The molecule has 0 saturated heterocycles. The van der Waals surface area contributed by atoms with Gasteiger partial charge in [-0.3, -0.25) is 0 Å². The zero-order valence-corrected chi connectivity index (χ0v) is 9.16. The summed E-state index contributed by atoms with van der Waals surface area (Å²) < 4.78 is 4.20. The van der Waals surface area contributed by atoms with Crippen LogP contribution in [-0.4, -0.2) is 0 Å². The minimum atomic E-state index is -2.71. The fourth-order valence-electron chi connectivity index (χ4n) is 0.0527. The van der Waals surface area contributed by atoms with Crippen LogP contribution in [0.5, 0.6) is 0 Å². The summed E-state index contributed by atoms with van der Waals surface area (Å²) in [4.78, 5) is 0. The van der Waals surface area contributed by atoms with E-state index in [-0.39, 0.29) is 0 Å². The molecule has 0 aliphatic carbocycles. The van der Waals surface area contributed by atoms with Crippen molar-refractivity contribution in [1.82, 2.24) is 0 Å². The van der Waals surface area contributed by atoms with Crippen molar-refractivity contribution in [2.45, 2.75) is 21.3 Å². The monoisotopic (exact) mass is 309 g/mol. The van der Waals surface area contributed by atoms with Gasteiger partial charge in [-0.15, -0.1) is 0 Å². The van der Waals surface area contributed by atoms with Gasteiger partial charge in [-0.1, -0.05) is 0 Å². The average Bonchev–Trinajstić information content (AvgIpc) is 1.67. The third kappa shape index (κ3) is 3.01. The van der Waals surface area contributed by atoms with Crippen LogP contribution in [0.4, 0.5) is 0 Å². The predicted octanol–water partition coefficient (Wildman–Crippen LogP) is 3.69. The molecule has 0 aromatic rings. The number of hydrogen-bond donors (Lipinski definition) is 0. The number of hydrogen-bond acceptors (Lipinski definition) is 0. The standard InChI is InChI=1S/2C2H3.4CH3.Pt/c2*1-2;;;;;/h2*1H,2H2;4*1H3;. The second-order valence-electron chi connectivity index (χ2n) is 3.72. The van der Waals surface area contributed by atoms with E-state index in [2.05, 4.69) is 43.3 Å². The van der Waals surface area contributed by atoms with Crippen LogP contribution < -0.4 is 0 Å². The molecule has 0 amide bonds. The first-order valence-electron chi connectivity index (χ1n) is 2.45. The van der Waals surface area contributed by atoms with Crippen LogP contribution in [0.15, 0.2) is 22.1 Å². The summed E-state index contributed by atoms with van der Waals surface area (Å²) in [5.41, 5.74) is 0. The van der Waals surface area contributed by atoms with E-state index in [1.807, 2.05) is 0 Å². The summed E-state index contributed by atoms with van der Waals surface area (Å²) in [6.07, 6.45) is 0. The molecule has 0 nitrogen and oxygen atoms in total. The quantitative estimate of drug-likeness (QED) is 0.730. The Labute approximate surface area is 57.1 Å². The molecule has 0 heterocycles. The van der Waals surface area contributed by atoms with Gasteiger partial charge in [-0.2, -0.15) is 0 Å². The molecule has 0 fully saturated rings. The van der Waals surface area contributed by atoms with Crippen molar-refractivity contribution in [1.29, 1.82) is 0 Å². The fraction of sp³-hybridized carbons (Fsp3) is 0.500. The van der Waals surface area contributed by atoms with Crippen molar-refractivity contribution in [3.63, 3.8) is 0 Å². The molecule has 0 aromatic heterocycles. The summed E-state index contributed by atoms with van der Waals surface area (Å²) in [7, 11) is 0. The van der Waals surface area contributed by atoms with Crippen LogP contribution in [0, 0.1) is 0 Å². The molecule has 0 radical (unpaired) electrons. The Morgan fingerprint density at radius 3 is 1.11 bits per heavy atom. The van der Waals surface area contributed by atoms with Crippen molar-refractivity contribution in [2.24, 2.45) is 0 Å². The normalized spacial score (nSPS) is 19.6. The first-order chi connectivity index (χ1) is 3.62. The maximum absolute atomic E-state index is 3.86. The zero-order valence-electron chi connectivity index (χ0n) is 6.89. The molecule has 60 valence electrons. The van der Waals surface area contributed by atoms with Crippen LogP contribution in [-0.2, 0) is 13.6 Å². The van der Waals surface area contributed by atoms with E-state index in [1.54, 1.807) is 0 Å². The summed E-state index contributed by atoms with van der Waals surface area (Å²) in [6, 6.07) is 0. The van der Waals surface area contributed by atoms with Crippen LogP contribution in [0.3, 0.4) is 0 Å². The van der Waals surface area contributed by atoms with E-state index >= 15 is 0 Å². The molecule has 0 aromatic carbocycles. The third-order valence-corrected chi connectivity index (χ3v) is 9.67. The van der Waals surface area contributed by atoms with Gasteiger partial charge < -0.3 is 0 Å². The molecule has 0 aliphatic heterocycles. The van der Waals surface area contributed by atoms with Gasteiger partial charge in [0.2, 0.25) is 0 Å². The van der Waals surface area contributed by atoms with Crippen LogP contribution in [0.2, 0.25) is 21.3 Å². The molecule has 9 heavy (non-hydrogen) atoms. The van der Waals surface area contributed by atoms with Crippen LogP contribution in [0.1, 0.15) is 0 Å². The summed E-state index contributed by atoms with van der Waals surface area (Å²) >= 11 is -2.71. The SMILES string of the molecule is C=[CH][Pt]([CH3])([CH3])([CH3])([CH3])[CH]=C. The van der Waals surface area contributed by atoms with E-state index in [0.717, 1.165) is 0 Å². The Hall–Kier alpha value is 0.168. The van der Waals surface area contributed by atoms with Crippen molar-refractivity contribution in [3.8, 4) is 0 Å². The summed E-state index contributed by atoms with van der Waals surface area (Å²) in [5, 5.41) is 9.15. The van der Waals surface area contributed by atoms with Crippen molar-refractivity contribution in [3.05, 3.63) is 22.1 Å². The van der Waals surface area contributed by atoms with Gasteiger partial charge in [0.05, 0.1) is 0 Å². The van der Waals surface area contributed by atoms with Gasteiger partial charge in [0.15, 0.2) is 0 Å². The van der Waals surface area contributed by atoms with Gasteiger partial charge >= 0.3 is 56.9 Å². The molecule has 0 spiro atoms. The van der Waals surface area contributed by atoms with Crippen molar-refractivity contribution >= 4 is 0 Å². The van der Waals surface area contributed by atoms with Gasteiger partial charge in [-0.05, 0) is 0 Å². The van der Waals surface area contributed by atoms with Crippen molar-refractivity contribution < 1.29 is 13.6 Å². The fourth-order valence-corrected chi connectivity index (χ4v) is 0.431. The maximum atomic E-state index is 3.86. The van der Waals surface area contributed by atoms with E-state index in [9.17, 15) is 0 Å². The van der Waals surface area contributed by atoms with E-state index in [4.69, 9.17) is 0 Å². The molecule has 0 atom stereocenters. The third-order valence-electron chi connectivity index (χ3n) is 1.18. The average molecular weight is 309 g/mol. The van der Waals surface area contributed by atoms with Crippen LogP contribution >= 0.6 is 0 Å². The topological polar surface area (TPSA) is 0 Å². The van der Waals surface area contributed by atoms with Crippen molar-refractivity contribution in [2.75, 3.05) is 0 Å². The second kappa shape index (κ2) is 1.42. The second-order valence-corrected chi connectivity index (χ2v) is 30.5. The molecule has 0 bridgehead atoms. The Morgan fingerprint density at radius 1 is 0.889 bits per heavy atom. The van der Waals surface area contributed by atoms with E-state index in [1.165, 1.54) is 0 Å². The Kier molecular flexibility index (Phi) is 1.45. The summed E-state index contributed by atoms with van der Waals surface area (Å²) in [5.74, 6) is 0. The van der Waals surface area contributed by atoms with Gasteiger partial charge in [0.25, 0.3) is 0 Å². The molecular formula is C8H18Pt. The number of rotatable bonds is 2.